The summed E-state index contributed by atoms with van der Waals surface area (Å²) in [6.07, 6.45) is -3.71. The lowest BCUT2D eigenvalue weighted by Crippen LogP contribution is -2.12. The van der Waals surface area contributed by atoms with E-state index < -0.39 is 11.7 Å². The molecular formula is C15H15F3N2. The van der Waals surface area contributed by atoms with Crippen LogP contribution in [0.3, 0.4) is 0 Å². The summed E-state index contributed by atoms with van der Waals surface area (Å²) in [7, 11) is 0. The molecule has 0 aromatic heterocycles. The molecule has 0 radical (unpaired) electrons. The maximum Gasteiger partial charge on any atom is 0.418 e. The fourth-order valence-corrected chi connectivity index (χ4v) is 1.91. The number of alkyl halides is 3. The molecule has 2 rings (SSSR count). The summed E-state index contributed by atoms with van der Waals surface area (Å²) in [6, 6.07) is 12.8. The molecule has 0 bridgehead atoms. The molecule has 2 nitrogen and oxygen atoms in total. The molecule has 20 heavy (non-hydrogen) atoms. The highest BCUT2D eigenvalue weighted by Crippen LogP contribution is 2.34. The van der Waals surface area contributed by atoms with Gasteiger partial charge in [-0.25, -0.2) is 0 Å². The topological polar surface area (TPSA) is 38.0 Å². The molecular weight excluding hydrogens is 265 g/mol. The molecule has 0 saturated carbocycles. The standard InChI is InChI=1S/C15H15F3N2/c16-15(17,18)13-3-1-2-4-14(13)20-10-9-11-5-7-12(19)8-6-11/h1-8,20H,9-10,19H2. The maximum absolute atomic E-state index is 12.8. The molecule has 0 aliphatic rings. The monoisotopic (exact) mass is 280 g/mol. The van der Waals surface area contributed by atoms with E-state index in [0.717, 1.165) is 11.6 Å². The van der Waals surface area contributed by atoms with Crippen LogP contribution in [0.25, 0.3) is 0 Å². The average molecular weight is 280 g/mol. The second-order valence-electron chi connectivity index (χ2n) is 4.46. The van der Waals surface area contributed by atoms with E-state index in [9.17, 15) is 13.2 Å². The number of anilines is 2. The minimum atomic E-state index is -4.34. The average Bonchev–Trinajstić information content (AvgIpc) is 2.40. The normalized spacial score (nSPS) is 11.3. The van der Waals surface area contributed by atoms with Crippen molar-refractivity contribution in [1.82, 2.24) is 0 Å². The van der Waals surface area contributed by atoms with Crippen LogP contribution in [0.1, 0.15) is 11.1 Å². The third-order valence-electron chi connectivity index (χ3n) is 2.94. The van der Waals surface area contributed by atoms with Crippen molar-refractivity contribution in [2.45, 2.75) is 12.6 Å². The Bertz CT molecular complexity index is 562. The summed E-state index contributed by atoms with van der Waals surface area (Å²) in [5.41, 5.74) is 6.73. The molecule has 0 amide bonds. The Labute approximate surface area is 115 Å². The SMILES string of the molecule is Nc1ccc(CCNc2ccccc2C(F)(F)F)cc1. The lowest BCUT2D eigenvalue weighted by Gasteiger charge is -2.14. The van der Waals surface area contributed by atoms with Crippen molar-refractivity contribution >= 4 is 11.4 Å². The van der Waals surface area contributed by atoms with Crippen LogP contribution in [0.15, 0.2) is 48.5 Å². The Morgan fingerprint density at radius 1 is 0.950 bits per heavy atom. The number of rotatable bonds is 4. The number of hydrogen-bond donors (Lipinski definition) is 2. The summed E-state index contributed by atoms with van der Waals surface area (Å²) in [5, 5.41) is 2.83. The van der Waals surface area contributed by atoms with Crippen molar-refractivity contribution in [3.05, 3.63) is 59.7 Å². The zero-order valence-corrected chi connectivity index (χ0v) is 10.7. The summed E-state index contributed by atoms with van der Waals surface area (Å²) in [4.78, 5) is 0. The lowest BCUT2D eigenvalue weighted by atomic mass is 10.1. The van der Waals surface area contributed by atoms with Gasteiger partial charge in [-0.3, -0.25) is 0 Å². The number of para-hydroxylation sites is 1. The summed E-state index contributed by atoms with van der Waals surface area (Å²) in [6.45, 7) is 0.428. The smallest absolute Gasteiger partial charge is 0.399 e. The molecule has 0 aliphatic carbocycles. The van der Waals surface area contributed by atoms with Crippen molar-refractivity contribution in [3.63, 3.8) is 0 Å². The largest absolute Gasteiger partial charge is 0.418 e. The second kappa shape index (κ2) is 5.86. The third-order valence-corrected chi connectivity index (χ3v) is 2.94. The van der Waals surface area contributed by atoms with E-state index in [0.29, 0.717) is 18.7 Å². The van der Waals surface area contributed by atoms with Crippen molar-refractivity contribution in [1.29, 1.82) is 0 Å². The number of nitrogens with two attached hydrogens (primary N) is 1. The Morgan fingerprint density at radius 2 is 1.60 bits per heavy atom. The summed E-state index contributed by atoms with van der Waals surface area (Å²) < 4.78 is 38.4. The quantitative estimate of drug-likeness (QED) is 0.832. The molecule has 0 atom stereocenters. The fraction of sp³-hybridized carbons (Fsp3) is 0.200. The number of nitrogen functional groups attached to an aromatic ring is 1. The van der Waals surface area contributed by atoms with Crippen LogP contribution in [0.5, 0.6) is 0 Å². The summed E-state index contributed by atoms with van der Waals surface area (Å²) in [5.74, 6) is 0. The lowest BCUT2D eigenvalue weighted by molar-refractivity contribution is -0.136. The first-order valence-corrected chi connectivity index (χ1v) is 6.21. The van der Waals surface area contributed by atoms with Gasteiger partial charge in [0.05, 0.1) is 5.56 Å². The zero-order chi connectivity index (χ0) is 14.6. The van der Waals surface area contributed by atoms with Gasteiger partial charge in [0.2, 0.25) is 0 Å². The number of benzene rings is 2. The van der Waals surface area contributed by atoms with Crippen LogP contribution in [-0.2, 0) is 12.6 Å². The highest BCUT2D eigenvalue weighted by molar-refractivity contribution is 5.52. The first-order valence-electron chi connectivity index (χ1n) is 6.21. The third kappa shape index (κ3) is 3.66. The molecule has 2 aromatic rings. The Balaban J connectivity index is 1.99. The minimum absolute atomic E-state index is 0.107. The highest BCUT2D eigenvalue weighted by Gasteiger charge is 2.32. The van der Waals surface area contributed by atoms with Gasteiger partial charge in [-0.15, -0.1) is 0 Å². The number of halogens is 3. The van der Waals surface area contributed by atoms with E-state index in [1.807, 2.05) is 12.1 Å². The van der Waals surface area contributed by atoms with E-state index in [1.54, 1.807) is 18.2 Å². The zero-order valence-electron chi connectivity index (χ0n) is 10.7. The van der Waals surface area contributed by atoms with Gasteiger partial charge < -0.3 is 11.1 Å². The predicted molar refractivity (Wildman–Crippen MR) is 74.5 cm³/mol. The molecule has 0 spiro atoms. The first kappa shape index (κ1) is 14.2. The van der Waals surface area contributed by atoms with E-state index >= 15 is 0 Å². The van der Waals surface area contributed by atoms with Crippen LogP contribution < -0.4 is 11.1 Å². The Hall–Kier alpha value is -2.17. The van der Waals surface area contributed by atoms with Crippen molar-refractivity contribution in [3.8, 4) is 0 Å². The van der Waals surface area contributed by atoms with E-state index in [2.05, 4.69) is 5.32 Å². The molecule has 0 heterocycles. The fourth-order valence-electron chi connectivity index (χ4n) is 1.91. The number of hydrogen-bond acceptors (Lipinski definition) is 2. The van der Waals surface area contributed by atoms with Crippen molar-refractivity contribution < 1.29 is 13.2 Å². The molecule has 5 heteroatoms. The molecule has 0 saturated heterocycles. The van der Waals surface area contributed by atoms with E-state index in [-0.39, 0.29) is 5.69 Å². The van der Waals surface area contributed by atoms with E-state index in [1.165, 1.54) is 12.1 Å². The molecule has 106 valence electrons. The van der Waals surface area contributed by atoms with Crippen LogP contribution >= 0.6 is 0 Å². The van der Waals surface area contributed by atoms with Gasteiger partial charge in [-0.05, 0) is 36.2 Å². The Morgan fingerprint density at radius 3 is 2.25 bits per heavy atom. The molecule has 3 N–H and O–H groups in total. The molecule has 0 fully saturated rings. The van der Waals surface area contributed by atoms with Gasteiger partial charge in [0.1, 0.15) is 0 Å². The van der Waals surface area contributed by atoms with Crippen LogP contribution in [0.4, 0.5) is 24.5 Å². The van der Waals surface area contributed by atoms with Crippen LogP contribution in [-0.4, -0.2) is 6.54 Å². The second-order valence-corrected chi connectivity index (χ2v) is 4.46. The van der Waals surface area contributed by atoms with Gasteiger partial charge >= 0.3 is 6.18 Å². The van der Waals surface area contributed by atoms with Gasteiger partial charge in [0, 0.05) is 17.9 Å². The molecule has 2 aromatic carbocycles. The van der Waals surface area contributed by atoms with Crippen molar-refractivity contribution in [2.75, 3.05) is 17.6 Å². The van der Waals surface area contributed by atoms with Gasteiger partial charge in [0.25, 0.3) is 0 Å². The predicted octanol–water partition coefficient (Wildman–Crippen LogP) is 3.94. The Kier molecular flexibility index (Phi) is 4.17. The van der Waals surface area contributed by atoms with Crippen LogP contribution in [0, 0.1) is 0 Å². The highest BCUT2D eigenvalue weighted by atomic mass is 19.4. The van der Waals surface area contributed by atoms with Gasteiger partial charge in [-0.2, -0.15) is 13.2 Å². The van der Waals surface area contributed by atoms with Crippen molar-refractivity contribution in [2.24, 2.45) is 0 Å². The summed E-state index contributed by atoms with van der Waals surface area (Å²) >= 11 is 0. The van der Waals surface area contributed by atoms with Gasteiger partial charge in [0.15, 0.2) is 0 Å². The minimum Gasteiger partial charge on any atom is -0.399 e. The van der Waals surface area contributed by atoms with Crippen LogP contribution in [0.2, 0.25) is 0 Å². The first-order chi connectivity index (χ1) is 9.47. The number of nitrogens with one attached hydrogen (secondary N) is 1. The maximum atomic E-state index is 12.8. The molecule has 0 aliphatic heterocycles. The molecule has 0 unspecified atom stereocenters. The van der Waals surface area contributed by atoms with Gasteiger partial charge in [-0.1, -0.05) is 24.3 Å². The van der Waals surface area contributed by atoms with E-state index in [4.69, 9.17) is 5.73 Å².